The molecular formula is C11H18N2O. The van der Waals surface area contributed by atoms with Gasteiger partial charge in [0.05, 0.1) is 6.10 Å². The zero-order chi connectivity index (χ0) is 10.6. The Hall–Kier alpha value is -0.930. The van der Waals surface area contributed by atoms with Crippen molar-refractivity contribution in [2.45, 2.75) is 32.4 Å². The zero-order valence-electron chi connectivity index (χ0n) is 8.99. The number of pyridine rings is 1. The van der Waals surface area contributed by atoms with Crippen LogP contribution >= 0.6 is 0 Å². The maximum Gasteiger partial charge on any atom is 0.0915 e. The van der Waals surface area contributed by atoms with Gasteiger partial charge in [-0.25, -0.2) is 0 Å². The molecule has 1 rings (SSSR count). The fourth-order valence-corrected chi connectivity index (χ4v) is 1.11. The molecule has 1 unspecified atom stereocenters. The number of hydrogen-bond acceptors (Lipinski definition) is 3. The standard InChI is InChI=1S/C11H18N2O/c1-11(2,3)13-8-10(14)9-4-6-12-7-5-9/h4-7,10,13-14H,8H2,1-3H3. The topological polar surface area (TPSA) is 45.1 Å². The van der Waals surface area contributed by atoms with Crippen molar-refractivity contribution in [2.75, 3.05) is 6.54 Å². The van der Waals surface area contributed by atoms with Gasteiger partial charge in [-0.15, -0.1) is 0 Å². The number of aliphatic hydroxyl groups is 1. The molecule has 3 heteroatoms. The van der Waals surface area contributed by atoms with Crippen molar-refractivity contribution in [2.24, 2.45) is 0 Å². The molecule has 14 heavy (non-hydrogen) atoms. The molecule has 0 saturated carbocycles. The predicted molar refractivity (Wildman–Crippen MR) is 57.0 cm³/mol. The second-order valence-corrected chi connectivity index (χ2v) is 4.43. The third-order valence-corrected chi connectivity index (χ3v) is 1.92. The van der Waals surface area contributed by atoms with Gasteiger partial charge in [0.15, 0.2) is 0 Å². The average molecular weight is 194 g/mol. The molecule has 0 radical (unpaired) electrons. The molecule has 2 N–H and O–H groups in total. The van der Waals surface area contributed by atoms with Crippen LogP contribution in [0, 0.1) is 0 Å². The summed E-state index contributed by atoms with van der Waals surface area (Å²) in [7, 11) is 0. The lowest BCUT2D eigenvalue weighted by molar-refractivity contribution is 0.163. The van der Waals surface area contributed by atoms with Crippen LogP contribution in [-0.2, 0) is 0 Å². The zero-order valence-corrected chi connectivity index (χ0v) is 8.99. The van der Waals surface area contributed by atoms with Crippen LogP contribution in [0.1, 0.15) is 32.4 Å². The highest BCUT2D eigenvalue weighted by atomic mass is 16.3. The number of nitrogens with zero attached hydrogens (tertiary/aromatic N) is 1. The summed E-state index contributed by atoms with van der Waals surface area (Å²) in [5.74, 6) is 0. The predicted octanol–water partition coefficient (Wildman–Crippen LogP) is 1.50. The first-order chi connectivity index (χ1) is 6.49. The lowest BCUT2D eigenvalue weighted by Crippen LogP contribution is -2.38. The highest BCUT2D eigenvalue weighted by Crippen LogP contribution is 2.11. The van der Waals surface area contributed by atoms with Gasteiger partial charge in [-0.1, -0.05) is 0 Å². The Morgan fingerprint density at radius 2 is 1.93 bits per heavy atom. The molecule has 0 amide bonds. The van der Waals surface area contributed by atoms with Gasteiger partial charge in [0, 0.05) is 24.5 Å². The van der Waals surface area contributed by atoms with Crippen molar-refractivity contribution in [3.05, 3.63) is 30.1 Å². The monoisotopic (exact) mass is 194 g/mol. The number of nitrogens with one attached hydrogen (secondary N) is 1. The molecule has 0 bridgehead atoms. The molecule has 1 aromatic heterocycles. The van der Waals surface area contributed by atoms with Gasteiger partial charge in [-0.2, -0.15) is 0 Å². The average Bonchev–Trinajstić information content (AvgIpc) is 2.14. The largest absolute Gasteiger partial charge is 0.387 e. The molecule has 1 heterocycles. The van der Waals surface area contributed by atoms with Crippen LogP contribution in [0.15, 0.2) is 24.5 Å². The molecule has 0 aliphatic carbocycles. The van der Waals surface area contributed by atoms with Crippen molar-refractivity contribution in [1.82, 2.24) is 10.3 Å². The van der Waals surface area contributed by atoms with Gasteiger partial charge in [0.1, 0.15) is 0 Å². The number of aliphatic hydroxyl groups excluding tert-OH is 1. The van der Waals surface area contributed by atoms with Crippen molar-refractivity contribution in [1.29, 1.82) is 0 Å². The minimum Gasteiger partial charge on any atom is -0.387 e. The number of β-amino-alcohol motifs (C(OH)–C–C–N with tert-alkyl or cyclic N) is 1. The van der Waals surface area contributed by atoms with Crippen molar-refractivity contribution in [3.63, 3.8) is 0 Å². The highest BCUT2D eigenvalue weighted by molar-refractivity contribution is 5.13. The molecule has 0 saturated heterocycles. The molecule has 0 fully saturated rings. The smallest absolute Gasteiger partial charge is 0.0915 e. The van der Waals surface area contributed by atoms with E-state index in [-0.39, 0.29) is 5.54 Å². The van der Waals surface area contributed by atoms with Crippen LogP contribution in [0.5, 0.6) is 0 Å². The van der Waals surface area contributed by atoms with E-state index in [0.29, 0.717) is 6.54 Å². The van der Waals surface area contributed by atoms with E-state index in [1.54, 1.807) is 12.4 Å². The summed E-state index contributed by atoms with van der Waals surface area (Å²) in [6.07, 6.45) is 2.92. The molecule has 0 aliphatic heterocycles. The Balaban J connectivity index is 2.48. The quantitative estimate of drug-likeness (QED) is 0.766. The third-order valence-electron chi connectivity index (χ3n) is 1.92. The maximum absolute atomic E-state index is 9.79. The summed E-state index contributed by atoms with van der Waals surface area (Å²) in [5, 5.41) is 13.0. The van der Waals surface area contributed by atoms with Crippen LogP contribution in [0.2, 0.25) is 0 Å². The van der Waals surface area contributed by atoms with E-state index >= 15 is 0 Å². The SMILES string of the molecule is CC(C)(C)NCC(O)c1ccncc1. The minimum atomic E-state index is -0.461. The molecule has 1 aromatic rings. The summed E-state index contributed by atoms with van der Waals surface area (Å²) in [6, 6.07) is 3.66. The Morgan fingerprint density at radius 3 is 2.43 bits per heavy atom. The first kappa shape index (κ1) is 11.1. The summed E-state index contributed by atoms with van der Waals surface area (Å²) < 4.78 is 0. The highest BCUT2D eigenvalue weighted by Gasteiger charge is 2.12. The molecule has 3 nitrogen and oxygen atoms in total. The van der Waals surface area contributed by atoms with Crippen molar-refractivity contribution in [3.8, 4) is 0 Å². The van der Waals surface area contributed by atoms with E-state index in [0.717, 1.165) is 5.56 Å². The van der Waals surface area contributed by atoms with Crippen LogP contribution in [-0.4, -0.2) is 22.2 Å². The molecular weight excluding hydrogens is 176 g/mol. The Bertz CT molecular complexity index is 266. The first-order valence-electron chi connectivity index (χ1n) is 4.82. The number of hydrogen-bond donors (Lipinski definition) is 2. The fraction of sp³-hybridized carbons (Fsp3) is 0.545. The van der Waals surface area contributed by atoms with Gasteiger partial charge in [-0.3, -0.25) is 4.98 Å². The Morgan fingerprint density at radius 1 is 1.36 bits per heavy atom. The molecule has 0 aliphatic rings. The molecule has 0 aromatic carbocycles. The third kappa shape index (κ3) is 3.85. The Kier molecular flexibility index (Phi) is 3.61. The Labute approximate surface area is 85.2 Å². The van der Waals surface area contributed by atoms with E-state index in [1.165, 1.54) is 0 Å². The van der Waals surface area contributed by atoms with Crippen LogP contribution < -0.4 is 5.32 Å². The van der Waals surface area contributed by atoms with Gasteiger partial charge in [0.25, 0.3) is 0 Å². The number of aromatic nitrogens is 1. The van der Waals surface area contributed by atoms with E-state index in [4.69, 9.17) is 0 Å². The van der Waals surface area contributed by atoms with Crippen LogP contribution in [0.3, 0.4) is 0 Å². The fourth-order valence-electron chi connectivity index (χ4n) is 1.11. The van der Waals surface area contributed by atoms with Crippen LogP contribution in [0.4, 0.5) is 0 Å². The van der Waals surface area contributed by atoms with Gasteiger partial charge in [-0.05, 0) is 38.5 Å². The van der Waals surface area contributed by atoms with Crippen molar-refractivity contribution < 1.29 is 5.11 Å². The maximum atomic E-state index is 9.79. The molecule has 1 atom stereocenters. The van der Waals surface area contributed by atoms with Gasteiger partial charge in [0.2, 0.25) is 0 Å². The van der Waals surface area contributed by atoms with E-state index in [2.05, 4.69) is 31.1 Å². The lowest BCUT2D eigenvalue weighted by Gasteiger charge is -2.22. The van der Waals surface area contributed by atoms with E-state index < -0.39 is 6.10 Å². The molecule has 78 valence electrons. The van der Waals surface area contributed by atoms with Gasteiger partial charge >= 0.3 is 0 Å². The molecule has 0 spiro atoms. The number of rotatable bonds is 3. The minimum absolute atomic E-state index is 0.0357. The normalized spacial score (nSPS) is 14.0. The summed E-state index contributed by atoms with van der Waals surface area (Å²) in [4.78, 5) is 3.91. The van der Waals surface area contributed by atoms with Crippen LogP contribution in [0.25, 0.3) is 0 Å². The lowest BCUT2D eigenvalue weighted by atomic mass is 10.1. The van der Waals surface area contributed by atoms with E-state index in [9.17, 15) is 5.11 Å². The first-order valence-corrected chi connectivity index (χ1v) is 4.82. The summed E-state index contributed by atoms with van der Waals surface area (Å²) in [6.45, 7) is 6.79. The summed E-state index contributed by atoms with van der Waals surface area (Å²) in [5.41, 5.74) is 0.935. The van der Waals surface area contributed by atoms with Crippen molar-refractivity contribution >= 4 is 0 Å². The van der Waals surface area contributed by atoms with Gasteiger partial charge < -0.3 is 10.4 Å². The second kappa shape index (κ2) is 4.53. The summed E-state index contributed by atoms with van der Waals surface area (Å²) >= 11 is 0. The second-order valence-electron chi connectivity index (χ2n) is 4.43. The van der Waals surface area contributed by atoms with E-state index in [1.807, 2.05) is 12.1 Å².